The van der Waals surface area contributed by atoms with Crippen molar-refractivity contribution in [3.8, 4) is 0 Å². The van der Waals surface area contributed by atoms with Gasteiger partial charge in [-0.25, -0.2) is 4.18 Å². The van der Waals surface area contributed by atoms with Crippen molar-refractivity contribution in [1.29, 1.82) is 0 Å². The number of hydrogen-bond donors (Lipinski definition) is 3. The Morgan fingerprint density at radius 2 is 2.07 bits per heavy atom. The molecule has 0 aliphatic carbocycles. The molecule has 0 aliphatic heterocycles. The molecule has 0 heterocycles. The van der Waals surface area contributed by atoms with Crippen LogP contribution in [-0.2, 0) is 25.7 Å². The standard InChI is InChI=1S/C4H11NO7S2/c5-4(13(7)8)1-3(6)2-12-14(9,10)11/h3-4,6H,1-2,5H2,(H,7,8)(H,9,10,11)/p-1. The van der Waals surface area contributed by atoms with Crippen LogP contribution < -0.4 is 5.73 Å². The summed E-state index contributed by atoms with van der Waals surface area (Å²) in [5.41, 5.74) is 5.02. The molecule has 0 aliphatic rings. The van der Waals surface area contributed by atoms with E-state index in [0.29, 0.717) is 0 Å². The molecular weight excluding hydrogens is 238 g/mol. The summed E-state index contributed by atoms with van der Waals surface area (Å²) < 4.78 is 52.3. The Hall–Kier alpha value is -0.100. The van der Waals surface area contributed by atoms with Crippen LogP contribution in [0.15, 0.2) is 0 Å². The Morgan fingerprint density at radius 3 is 2.43 bits per heavy atom. The third-order valence-corrected chi connectivity index (χ3v) is 2.28. The normalized spacial score (nSPS) is 18.9. The molecule has 0 aromatic carbocycles. The van der Waals surface area contributed by atoms with Gasteiger partial charge < -0.3 is 15.4 Å². The predicted octanol–water partition coefficient (Wildman–Crippen LogP) is -2.28. The van der Waals surface area contributed by atoms with Gasteiger partial charge in [0.1, 0.15) is 0 Å². The fourth-order valence-corrected chi connectivity index (χ4v) is 1.29. The van der Waals surface area contributed by atoms with Crippen LogP contribution in [0, 0.1) is 0 Å². The summed E-state index contributed by atoms with van der Waals surface area (Å²) in [5, 5.41) is 7.67. The lowest BCUT2D eigenvalue weighted by Gasteiger charge is -2.17. The zero-order valence-electron chi connectivity index (χ0n) is 6.90. The van der Waals surface area contributed by atoms with E-state index in [2.05, 4.69) is 4.18 Å². The van der Waals surface area contributed by atoms with Gasteiger partial charge in [0.05, 0.1) is 18.1 Å². The summed E-state index contributed by atoms with van der Waals surface area (Å²) in [7, 11) is -4.63. The summed E-state index contributed by atoms with van der Waals surface area (Å²) in [6.07, 6.45) is -1.77. The molecule has 0 rings (SSSR count). The average molecular weight is 248 g/mol. The van der Waals surface area contributed by atoms with Gasteiger partial charge in [0, 0.05) is 6.42 Å². The minimum Gasteiger partial charge on any atom is -0.771 e. The summed E-state index contributed by atoms with van der Waals surface area (Å²) in [6, 6.07) is 0. The van der Waals surface area contributed by atoms with Crippen molar-refractivity contribution in [3.63, 3.8) is 0 Å². The number of hydrogen-bond acceptors (Lipinski definition) is 7. The number of aliphatic hydroxyl groups excluding tert-OH is 1. The van der Waals surface area contributed by atoms with Crippen LogP contribution >= 0.6 is 0 Å². The molecule has 0 amide bonds. The van der Waals surface area contributed by atoms with E-state index in [1.54, 1.807) is 0 Å². The maximum atomic E-state index is 10.2. The second kappa shape index (κ2) is 5.70. The van der Waals surface area contributed by atoms with E-state index >= 15 is 0 Å². The third kappa shape index (κ3) is 7.32. The minimum absolute atomic E-state index is 0.383. The van der Waals surface area contributed by atoms with Gasteiger partial charge in [-0.15, -0.1) is 0 Å². The third-order valence-electron chi connectivity index (χ3n) is 1.16. The summed E-state index contributed by atoms with van der Waals surface area (Å²) in [4.78, 5) is 0. The van der Waals surface area contributed by atoms with Crippen molar-refractivity contribution in [1.82, 2.24) is 0 Å². The van der Waals surface area contributed by atoms with Crippen LogP contribution in [0.25, 0.3) is 0 Å². The van der Waals surface area contributed by atoms with Gasteiger partial charge in [0.2, 0.25) is 0 Å². The highest BCUT2D eigenvalue weighted by atomic mass is 32.3. The first-order chi connectivity index (χ1) is 6.22. The molecule has 10 heteroatoms. The van der Waals surface area contributed by atoms with Crippen molar-refractivity contribution >= 4 is 21.5 Å². The molecule has 0 spiro atoms. The lowest BCUT2D eigenvalue weighted by molar-refractivity contribution is 0.0950. The van der Waals surface area contributed by atoms with Crippen molar-refractivity contribution in [3.05, 3.63) is 0 Å². The van der Waals surface area contributed by atoms with Gasteiger partial charge >= 0.3 is 10.4 Å². The molecule has 4 N–H and O–H groups in total. The molecule has 0 saturated heterocycles. The van der Waals surface area contributed by atoms with Crippen molar-refractivity contribution in [2.45, 2.75) is 17.9 Å². The van der Waals surface area contributed by atoms with Crippen LogP contribution in [0.2, 0.25) is 0 Å². The van der Waals surface area contributed by atoms with Crippen molar-refractivity contribution < 1.29 is 31.0 Å². The molecule has 86 valence electrons. The van der Waals surface area contributed by atoms with Crippen molar-refractivity contribution in [2.75, 3.05) is 6.61 Å². The van der Waals surface area contributed by atoms with Gasteiger partial charge in [-0.05, 0) is 11.1 Å². The molecule has 0 aromatic rings. The van der Waals surface area contributed by atoms with Crippen LogP contribution in [0.5, 0.6) is 0 Å². The van der Waals surface area contributed by atoms with Crippen LogP contribution in [0.4, 0.5) is 0 Å². The zero-order valence-corrected chi connectivity index (χ0v) is 8.53. The largest absolute Gasteiger partial charge is 0.771 e. The first kappa shape index (κ1) is 13.9. The number of aliphatic hydroxyl groups is 1. The maximum absolute atomic E-state index is 10.2. The Labute approximate surface area is 83.3 Å². The SMILES string of the molecule is NC(CC(O)COS(=O)(=O)O)S(=O)[O-]. The molecule has 8 nitrogen and oxygen atoms in total. The monoisotopic (exact) mass is 248 g/mol. The summed E-state index contributed by atoms with van der Waals surface area (Å²) in [6.45, 7) is -0.746. The molecule has 0 aromatic heterocycles. The second-order valence-corrected chi connectivity index (χ2v) is 4.62. The van der Waals surface area contributed by atoms with Crippen LogP contribution in [0.1, 0.15) is 6.42 Å². The highest BCUT2D eigenvalue weighted by Gasteiger charge is 2.14. The summed E-state index contributed by atoms with van der Waals surface area (Å²) in [5.74, 6) is 0. The summed E-state index contributed by atoms with van der Waals surface area (Å²) >= 11 is -2.56. The first-order valence-electron chi connectivity index (χ1n) is 3.36. The van der Waals surface area contributed by atoms with Crippen LogP contribution in [0.3, 0.4) is 0 Å². The van der Waals surface area contributed by atoms with E-state index in [9.17, 15) is 17.2 Å². The molecule has 0 bridgehead atoms. The van der Waals surface area contributed by atoms with E-state index in [-0.39, 0.29) is 6.42 Å². The quantitative estimate of drug-likeness (QED) is 0.351. The average Bonchev–Trinajstić information content (AvgIpc) is 1.99. The molecule has 0 saturated carbocycles. The predicted molar refractivity (Wildman–Crippen MR) is 45.0 cm³/mol. The number of rotatable bonds is 6. The Morgan fingerprint density at radius 1 is 1.57 bits per heavy atom. The van der Waals surface area contributed by atoms with E-state index in [1.165, 1.54) is 0 Å². The van der Waals surface area contributed by atoms with Gasteiger partial charge in [-0.1, -0.05) is 0 Å². The lowest BCUT2D eigenvalue weighted by atomic mass is 10.3. The fraction of sp³-hybridized carbons (Fsp3) is 1.00. The van der Waals surface area contributed by atoms with E-state index in [0.717, 1.165) is 0 Å². The smallest absolute Gasteiger partial charge is 0.397 e. The molecule has 0 fully saturated rings. The molecule has 0 radical (unpaired) electrons. The van der Waals surface area contributed by atoms with E-state index < -0.39 is 39.6 Å². The molecular formula is C4H10NO7S2-. The van der Waals surface area contributed by atoms with Crippen molar-refractivity contribution in [2.24, 2.45) is 5.73 Å². The molecule has 3 atom stereocenters. The van der Waals surface area contributed by atoms with Crippen LogP contribution in [-0.4, -0.2) is 44.9 Å². The second-order valence-electron chi connectivity index (χ2n) is 2.40. The van der Waals surface area contributed by atoms with Gasteiger partial charge in [-0.2, -0.15) is 8.42 Å². The Balaban J connectivity index is 3.88. The molecule has 14 heavy (non-hydrogen) atoms. The fourth-order valence-electron chi connectivity index (χ4n) is 0.579. The lowest BCUT2D eigenvalue weighted by Crippen LogP contribution is -2.32. The minimum atomic E-state index is -4.63. The zero-order chi connectivity index (χ0) is 11.4. The Kier molecular flexibility index (Phi) is 5.66. The van der Waals surface area contributed by atoms with Gasteiger partial charge in [-0.3, -0.25) is 8.76 Å². The number of nitrogens with two attached hydrogens (primary N) is 1. The Bertz CT molecular complexity index is 288. The van der Waals surface area contributed by atoms with Gasteiger partial charge in [0.15, 0.2) is 0 Å². The van der Waals surface area contributed by atoms with E-state index in [1.807, 2.05) is 0 Å². The maximum Gasteiger partial charge on any atom is 0.397 e. The topological polar surface area (TPSA) is 150 Å². The first-order valence-corrected chi connectivity index (χ1v) is 5.86. The molecule has 3 unspecified atom stereocenters. The highest BCUT2D eigenvalue weighted by molar-refractivity contribution is 7.80. The van der Waals surface area contributed by atoms with E-state index in [4.69, 9.17) is 15.4 Å². The van der Waals surface area contributed by atoms with Gasteiger partial charge in [0.25, 0.3) is 0 Å². The highest BCUT2D eigenvalue weighted by Crippen LogP contribution is 2.01.